The van der Waals surface area contributed by atoms with Crippen molar-refractivity contribution in [1.29, 1.82) is 0 Å². The van der Waals surface area contributed by atoms with E-state index in [1.807, 2.05) is 6.08 Å². The zero-order valence-electron chi connectivity index (χ0n) is 5.91. The summed E-state index contributed by atoms with van der Waals surface area (Å²) in [5, 5.41) is 0. The fourth-order valence-corrected chi connectivity index (χ4v) is 1.91. The fourth-order valence-electron chi connectivity index (χ4n) is 1.91. The van der Waals surface area contributed by atoms with Gasteiger partial charge >= 0.3 is 0 Å². The monoisotopic (exact) mass is 120 g/mol. The SMILES string of the molecule is C=CC1=C2CC12CCC. The van der Waals surface area contributed by atoms with E-state index in [1.165, 1.54) is 19.3 Å². The highest BCUT2D eigenvalue weighted by Gasteiger charge is 2.64. The molecule has 48 valence electrons. The minimum atomic E-state index is 0.649. The van der Waals surface area contributed by atoms with Crippen LogP contribution in [0.5, 0.6) is 0 Å². The van der Waals surface area contributed by atoms with Crippen LogP contribution in [0, 0.1) is 5.41 Å². The summed E-state index contributed by atoms with van der Waals surface area (Å²) >= 11 is 0. The second-order valence-electron chi connectivity index (χ2n) is 3.11. The first-order chi connectivity index (χ1) is 4.35. The van der Waals surface area contributed by atoms with Crippen molar-refractivity contribution in [3.8, 4) is 0 Å². The molecule has 2 aliphatic rings. The maximum atomic E-state index is 3.77. The summed E-state index contributed by atoms with van der Waals surface area (Å²) in [5.41, 5.74) is 3.93. The third kappa shape index (κ3) is 0.444. The van der Waals surface area contributed by atoms with Crippen molar-refractivity contribution < 1.29 is 0 Å². The Hall–Kier alpha value is -0.520. The molecule has 0 aromatic rings. The molecule has 2 rings (SSSR count). The van der Waals surface area contributed by atoms with Gasteiger partial charge < -0.3 is 0 Å². The van der Waals surface area contributed by atoms with E-state index in [9.17, 15) is 0 Å². The second-order valence-corrected chi connectivity index (χ2v) is 3.11. The molecule has 0 aliphatic heterocycles. The quantitative estimate of drug-likeness (QED) is 0.537. The average molecular weight is 120 g/mol. The third-order valence-corrected chi connectivity index (χ3v) is 2.59. The molecule has 0 aromatic carbocycles. The van der Waals surface area contributed by atoms with Gasteiger partial charge in [-0.1, -0.05) is 31.6 Å². The summed E-state index contributed by atoms with van der Waals surface area (Å²) in [5.74, 6) is 0. The molecular weight excluding hydrogens is 108 g/mol. The Balaban J connectivity index is 2.01. The Bertz CT molecular complexity index is 198. The van der Waals surface area contributed by atoms with E-state index in [2.05, 4.69) is 13.5 Å². The number of hydrogen-bond acceptors (Lipinski definition) is 0. The van der Waals surface area contributed by atoms with Gasteiger partial charge in [-0.05, 0) is 18.4 Å². The summed E-state index contributed by atoms with van der Waals surface area (Å²) < 4.78 is 0. The highest BCUT2D eigenvalue weighted by atomic mass is 14.7. The van der Waals surface area contributed by atoms with Crippen molar-refractivity contribution in [1.82, 2.24) is 0 Å². The predicted octanol–water partition coefficient (Wildman–Crippen LogP) is 2.67. The molecule has 0 radical (unpaired) electrons. The van der Waals surface area contributed by atoms with Crippen LogP contribution in [0.1, 0.15) is 26.2 Å². The van der Waals surface area contributed by atoms with Crippen LogP contribution >= 0.6 is 0 Å². The van der Waals surface area contributed by atoms with Gasteiger partial charge in [0.2, 0.25) is 0 Å². The molecule has 0 nitrogen and oxygen atoms in total. The van der Waals surface area contributed by atoms with Gasteiger partial charge in [-0.2, -0.15) is 0 Å². The van der Waals surface area contributed by atoms with Crippen LogP contribution in [0.4, 0.5) is 0 Å². The number of fused-ring (bicyclic) bond motifs is 1. The first-order valence-corrected chi connectivity index (χ1v) is 3.71. The van der Waals surface area contributed by atoms with E-state index in [0.29, 0.717) is 5.41 Å². The van der Waals surface area contributed by atoms with Crippen molar-refractivity contribution in [2.75, 3.05) is 0 Å². The Morgan fingerprint density at radius 3 is 2.89 bits per heavy atom. The molecular formula is C9H12. The van der Waals surface area contributed by atoms with Gasteiger partial charge in [-0.15, -0.1) is 0 Å². The average Bonchev–Trinajstić information content (AvgIpc) is 2.57. The molecule has 1 atom stereocenters. The molecule has 0 heteroatoms. The molecule has 0 spiro atoms. The lowest BCUT2D eigenvalue weighted by molar-refractivity contribution is 0.619. The van der Waals surface area contributed by atoms with E-state index in [-0.39, 0.29) is 0 Å². The standard InChI is InChI=1S/C9H12/c1-3-5-9-6-8(9)7(9)4-2/h4H,2-3,5-6H2,1H3. The first-order valence-electron chi connectivity index (χ1n) is 3.71. The van der Waals surface area contributed by atoms with E-state index in [4.69, 9.17) is 0 Å². The zero-order chi connectivity index (χ0) is 6.48. The minimum absolute atomic E-state index is 0.649. The van der Waals surface area contributed by atoms with Gasteiger partial charge in [0.15, 0.2) is 0 Å². The maximum Gasteiger partial charge on any atom is 0.0205 e. The Labute approximate surface area is 56.3 Å². The molecule has 1 fully saturated rings. The van der Waals surface area contributed by atoms with Gasteiger partial charge in [0.25, 0.3) is 0 Å². The van der Waals surface area contributed by atoms with E-state index in [1.54, 1.807) is 11.1 Å². The predicted molar refractivity (Wildman–Crippen MR) is 39.2 cm³/mol. The molecule has 9 heavy (non-hydrogen) atoms. The lowest BCUT2D eigenvalue weighted by atomic mass is 10.0. The lowest BCUT2D eigenvalue weighted by Crippen LogP contribution is -1.89. The van der Waals surface area contributed by atoms with E-state index >= 15 is 0 Å². The molecule has 1 unspecified atom stereocenters. The number of rotatable bonds is 3. The van der Waals surface area contributed by atoms with Crippen molar-refractivity contribution >= 4 is 0 Å². The van der Waals surface area contributed by atoms with Crippen molar-refractivity contribution in [2.45, 2.75) is 26.2 Å². The Morgan fingerprint density at radius 2 is 2.56 bits per heavy atom. The molecule has 0 aromatic heterocycles. The molecule has 0 N–H and O–H groups in total. The van der Waals surface area contributed by atoms with Gasteiger partial charge in [0.1, 0.15) is 0 Å². The molecule has 0 saturated heterocycles. The summed E-state index contributed by atoms with van der Waals surface area (Å²) in [6.45, 7) is 6.03. The van der Waals surface area contributed by atoms with Crippen molar-refractivity contribution in [3.05, 3.63) is 23.8 Å². The zero-order valence-corrected chi connectivity index (χ0v) is 5.91. The molecule has 0 heterocycles. The number of hydrogen-bond donors (Lipinski definition) is 0. The van der Waals surface area contributed by atoms with E-state index in [0.717, 1.165) is 0 Å². The first kappa shape index (κ1) is 5.28. The largest absolute Gasteiger partial charge is 0.0988 e. The van der Waals surface area contributed by atoms with Gasteiger partial charge in [-0.25, -0.2) is 0 Å². The smallest absolute Gasteiger partial charge is 0.0205 e. The second kappa shape index (κ2) is 1.31. The van der Waals surface area contributed by atoms with Crippen molar-refractivity contribution in [2.24, 2.45) is 5.41 Å². The van der Waals surface area contributed by atoms with Crippen molar-refractivity contribution in [3.63, 3.8) is 0 Å². The summed E-state index contributed by atoms with van der Waals surface area (Å²) in [6.07, 6.45) is 6.13. The summed E-state index contributed by atoms with van der Waals surface area (Å²) in [4.78, 5) is 0. The van der Waals surface area contributed by atoms with E-state index < -0.39 is 0 Å². The Morgan fingerprint density at radius 1 is 1.78 bits per heavy atom. The van der Waals surface area contributed by atoms with Gasteiger partial charge in [0, 0.05) is 5.41 Å². The van der Waals surface area contributed by atoms with Crippen LogP contribution < -0.4 is 0 Å². The van der Waals surface area contributed by atoms with Gasteiger partial charge in [0.05, 0.1) is 0 Å². The molecule has 0 amide bonds. The third-order valence-electron chi connectivity index (χ3n) is 2.59. The minimum Gasteiger partial charge on any atom is -0.0988 e. The lowest BCUT2D eigenvalue weighted by Gasteiger charge is -2.00. The topological polar surface area (TPSA) is 0 Å². The van der Waals surface area contributed by atoms with Crippen LogP contribution in [0.15, 0.2) is 23.8 Å². The highest BCUT2D eigenvalue weighted by Crippen LogP contribution is 2.76. The summed E-state index contributed by atoms with van der Waals surface area (Å²) in [6, 6.07) is 0. The van der Waals surface area contributed by atoms with Crippen LogP contribution in [0.3, 0.4) is 0 Å². The normalized spacial score (nSPS) is 36.1. The molecule has 2 aliphatic carbocycles. The van der Waals surface area contributed by atoms with Crippen LogP contribution in [-0.2, 0) is 0 Å². The fraction of sp³-hybridized carbons (Fsp3) is 0.556. The Kier molecular flexibility index (Phi) is 0.769. The highest BCUT2D eigenvalue weighted by molar-refractivity contribution is 5.68. The summed E-state index contributed by atoms with van der Waals surface area (Å²) in [7, 11) is 0. The molecule has 0 bridgehead atoms. The maximum absolute atomic E-state index is 3.77. The molecule has 1 saturated carbocycles. The van der Waals surface area contributed by atoms with Crippen LogP contribution in [0.25, 0.3) is 0 Å². The van der Waals surface area contributed by atoms with Gasteiger partial charge in [-0.3, -0.25) is 0 Å². The van der Waals surface area contributed by atoms with Crippen LogP contribution in [-0.4, -0.2) is 0 Å². The number of allylic oxidation sites excluding steroid dienone is 3. The van der Waals surface area contributed by atoms with Crippen LogP contribution in [0.2, 0.25) is 0 Å².